The summed E-state index contributed by atoms with van der Waals surface area (Å²) < 4.78 is 0. The smallest absolute Gasteiger partial charge is 0.273 e. The van der Waals surface area contributed by atoms with Crippen LogP contribution in [0.25, 0.3) is 11.2 Å². The van der Waals surface area contributed by atoms with E-state index in [9.17, 15) is 9.70 Å². The molecule has 2 aromatic heterocycles. The zero-order valence-electron chi connectivity index (χ0n) is 17.3. The van der Waals surface area contributed by atoms with E-state index in [0.29, 0.717) is 29.9 Å². The second kappa shape index (κ2) is 9.21. The molecule has 158 valence electrons. The Balaban J connectivity index is 1.76. The maximum absolute atomic E-state index is 12.7. The number of anilines is 3. The number of nitroso groups, excluding NO2 is 1. The fourth-order valence-corrected chi connectivity index (χ4v) is 3.36. The van der Waals surface area contributed by atoms with Crippen LogP contribution in [0.1, 0.15) is 31.3 Å². The van der Waals surface area contributed by atoms with Crippen LogP contribution >= 0.6 is 0 Å². The number of rotatable bonds is 9. The van der Waals surface area contributed by atoms with Crippen LogP contribution in [-0.2, 0) is 0 Å². The monoisotopic (exact) mass is 410 g/mol. The lowest BCUT2D eigenvalue weighted by atomic mass is 10.1. The van der Waals surface area contributed by atoms with Crippen molar-refractivity contribution in [2.75, 3.05) is 35.6 Å². The number of amides is 1. The number of fused-ring (bicyclic) bond motifs is 1. The van der Waals surface area contributed by atoms with Crippen LogP contribution in [0.3, 0.4) is 0 Å². The van der Waals surface area contributed by atoms with Crippen LogP contribution in [0, 0.1) is 4.91 Å². The first-order valence-corrected chi connectivity index (χ1v) is 9.85. The first-order valence-electron chi connectivity index (χ1n) is 9.85. The molecule has 2 heterocycles. The zero-order chi connectivity index (χ0) is 21.7. The molecule has 1 aromatic carbocycles. The van der Waals surface area contributed by atoms with Crippen molar-refractivity contribution in [2.45, 2.75) is 26.8 Å². The maximum atomic E-state index is 12.7. The lowest BCUT2D eigenvalue weighted by Crippen LogP contribution is -2.43. The van der Waals surface area contributed by atoms with Gasteiger partial charge in [-0.05, 0) is 50.2 Å². The fraction of sp³-hybridized carbons (Fsp3) is 0.350. The molecule has 1 atom stereocenters. The van der Waals surface area contributed by atoms with Gasteiger partial charge in [0.15, 0.2) is 17.2 Å². The maximum Gasteiger partial charge on any atom is 0.273 e. The van der Waals surface area contributed by atoms with Gasteiger partial charge >= 0.3 is 0 Å². The molecule has 5 N–H and O–H groups in total. The molecule has 1 amide bonds. The average Bonchev–Trinajstić information content (AvgIpc) is 3.20. The second-order valence-corrected chi connectivity index (χ2v) is 6.84. The quantitative estimate of drug-likeness (QED) is 0.397. The number of aromatic nitrogens is 3. The van der Waals surface area contributed by atoms with Crippen molar-refractivity contribution in [3.8, 4) is 0 Å². The highest BCUT2D eigenvalue weighted by Gasteiger charge is 2.20. The van der Waals surface area contributed by atoms with Gasteiger partial charge in [0.2, 0.25) is 0 Å². The van der Waals surface area contributed by atoms with Crippen LogP contribution in [0.5, 0.6) is 0 Å². The number of nitrogen functional groups attached to an aromatic ring is 1. The van der Waals surface area contributed by atoms with Crippen LogP contribution in [-0.4, -0.2) is 46.5 Å². The summed E-state index contributed by atoms with van der Waals surface area (Å²) in [6, 6.07) is 6.93. The highest BCUT2D eigenvalue weighted by atomic mass is 16.3. The summed E-state index contributed by atoms with van der Waals surface area (Å²) in [4.78, 5) is 37.2. The predicted octanol–water partition coefficient (Wildman–Crippen LogP) is 3.01. The minimum atomic E-state index is -0.388. The van der Waals surface area contributed by atoms with E-state index in [2.05, 4.69) is 35.7 Å². The molecule has 0 fully saturated rings. The van der Waals surface area contributed by atoms with Gasteiger partial charge in [-0.25, -0.2) is 9.97 Å². The molecule has 0 saturated heterocycles. The van der Waals surface area contributed by atoms with Crippen LogP contribution in [0.15, 0.2) is 35.6 Å². The van der Waals surface area contributed by atoms with E-state index in [1.54, 1.807) is 24.4 Å². The Kier molecular flexibility index (Phi) is 6.45. The summed E-state index contributed by atoms with van der Waals surface area (Å²) in [6.45, 7) is 7.77. The molecule has 0 bridgehead atoms. The number of hydrogen-bond acceptors (Lipinski definition) is 8. The molecule has 30 heavy (non-hydrogen) atoms. The molecule has 0 saturated carbocycles. The van der Waals surface area contributed by atoms with Crippen LogP contribution in [0.4, 0.5) is 22.9 Å². The normalized spacial score (nSPS) is 11.8. The van der Waals surface area contributed by atoms with E-state index in [1.165, 1.54) is 0 Å². The molecule has 10 heteroatoms. The third kappa shape index (κ3) is 4.32. The molecule has 0 aliphatic carbocycles. The largest absolute Gasteiger partial charge is 0.384 e. The molecular weight excluding hydrogens is 384 g/mol. The topological polar surface area (TPSA) is 141 Å². The van der Waals surface area contributed by atoms with Gasteiger partial charge in [0, 0.05) is 31.9 Å². The van der Waals surface area contributed by atoms with E-state index in [-0.39, 0.29) is 23.5 Å². The molecule has 3 aromatic rings. The number of likely N-dealkylation sites (N-methyl/N-ethyl adjacent to an activating group) is 1. The molecule has 0 aliphatic heterocycles. The number of nitrogens with one attached hydrogen (secondary N) is 3. The van der Waals surface area contributed by atoms with Gasteiger partial charge in [-0.3, -0.25) is 4.79 Å². The Labute approximate surface area is 174 Å². The minimum absolute atomic E-state index is 0.0663. The lowest BCUT2D eigenvalue weighted by Gasteiger charge is -2.32. The van der Waals surface area contributed by atoms with Crippen molar-refractivity contribution in [3.05, 3.63) is 41.1 Å². The van der Waals surface area contributed by atoms with Gasteiger partial charge < -0.3 is 26.3 Å². The zero-order valence-corrected chi connectivity index (χ0v) is 17.3. The standard InChI is InChI=1S/C20H26N8O2/c1-4-22-14-7-6-13(27-30)10-16(14)28(5-2)12(3)11-24-20(29)17-18(21)26-19-15(25-17)8-9-23-19/h6-10,12,22H,4-5,11H2,1-3H3,(H,24,29)(H3,21,23,26). The molecule has 3 rings (SSSR count). The van der Waals surface area contributed by atoms with Crippen LogP contribution < -0.4 is 21.3 Å². The van der Waals surface area contributed by atoms with Crippen molar-refractivity contribution < 1.29 is 4.79 Å². The summed E-state index contributed by atoms with van der Waals surface area (Å²) in [6.07, 6.45) is 1.69. The summed E-state index contributed by atoms with van der Waals surface area (Å²) >= 11 is 0. The number of benzene rings is 1. The van der Waals surface area contributed by atoms with Gasteiger partial charge in [0.25, 0.3) is 5.91 Å². The summed E-state index contributed by atoms with van der Waals surface area (Å²) in [5.41, 5.74) is 9.21. The highest BCUT2D eigenvalue weighted by Crippen LogP contribution is 2.31. The van der Waals surface area contributed by atoms with Crippen LogP contribution in [0.2, 0.25) is 0 Å². The van der Waals surface area contributed by atoms with Crippen molar-refractivity contribution >= 4 is 40.0 Å². The van der Waals surface area contributed by atoms with Crippen molar-refractivity contribution in [2.24, 2.45) is 5.18 Å². The van der Waals surface area contributed by atoms with E-state index in [1.807, 2.05) is 26.8 Å². The van der Waals surface area contributed by atoms with Crippen molar-refractivity contribution in [1.82, 2.24) is 20.3 Å². The van der Waals surface area contributed by atoms with Gasteiger partial charge in [-0.2, -0.15) is 0 Å². The number of nitrogens with two attached hydrogens (primary N) is 1. The molecule has 0 aliphatic rings. The first kappa shape index (κ1) is 21.0. The number of aromatic amines is 1. The Morgan fingerprint density at radius 3 is 2.80 bits per heavy atom. The third-order valence-electron chi connectivity index (χ3n) is 4.82. The van der Waals surface area contributed by atoms with Gasteiger partial charge in [0.05, 0.1) is 11.4 Å². The Morgan fingerprint density at radius 2 is 2.10 bits per heavy atom. The lowest BCUT2D eigenvalue weighted by molar-refractivity contribution is 0.0947. The Hall–Kier alpha value is -3.69. The number of carbonyl (C=O) groups is 1. The van der Waals surface area contributed by atoms with E-state index >= 15 is 0 Å². The summed E-state index contributed by atoms with van der Waals surface area (Å²) in [5, 5.41) is 9.23. The fourth-order valence-electron chi connectivity index (χ4n) is 3.36. The van der Waals surface area contributed by atoms with Gasteiger partial charge in [-0.1, -0.05) is 0 Å². The number of nitrogens with zero attached hydrogens (tertiary/aromatic N) is 4. The first-order chi connectivity index (χ1) is 14.5. The number of hydrogen-bond donors (Lipinski definition) is 4. The number of carbonyl (C=O) groups excluding carboxylic acids is 1. The third-order valence-corrected chi connectivity index (χ3v) is 4.82. The van der Waals surface area contributed by atoms with E-state index < -0.39 is 0 Å². The molecule has 1 unspecified atom stereocenters. The molecule has 0 radical (unpaired) electrons. The summed E-state index contributed by atoms with van der Waals surface area (Å²) in [5.74, 6) is -0.317. The number of H-pyrrole nitrogens is 1. The average molecular weight is 410 g/mol. The van der Waals surface area contributed by atoms with Crippen molar-refractivity contribution in [3.63, 3.8) is 0 Å². The molecule has 10 nitrogen and oxygen atoms in total. The van der Waals surface area contributed by atoms with E-state index in [4.69, 9.17) is 5.73 Å². The van der Waals surface area contributed by atoms with E-state index in [0.717, 1.165) is 17.9 Å². The SMILES string of the molecule is CCNc1ccc(N=O)cc1N(CC)C(C)CNC(=O)c1nc2cc[nH]c2nc1N. The minimum Gasteiger partial charge on any atom is -0.384 e. The van der Waals surface area contributed by atoms with Crippen molar-refractivity contribution in [1.29, 1.82) is 0 Å². The molecule has 0 spiro atoms. The Bertz CT molecular complexity index is 1050. The predicted molar refractivity (Wildman–Crippen MR) is 119 cm³/mol. The Morgan fingerprint density at radius 1 is 1.30 bits per heavy atom. The second-order valence-electron chi connectivity index (χ2n) is 6.84. The van der Waals surface area contributed by atoms with Gasteiger partial charge in [-0.15, -0.1) is 4.91 Å². The summed E-state index contributed by atoms with van der Waals surface area (Å²) in [7, 11) is 0. The molecular formula is C20H26N8O2. The van der Waals surface area contributed by atoms with Gasteiger partial charge in [0.1, 0.15) is 11.2 Å². The highest BCUT2D eigenvalue weighted by molar-refractivity contribution is 5.98.